The quantitative estimate of drug-likeness (QED) is 0.554. The molecule has 0 aliphatic heterocycles. The summed E-state index contributed by atoms with van der Waals surface area (Å²) in [7, 11) is 0. The van der Waals surface area contributed by atoms with Crippen molar-refractivity contribution < 1.29 is 14.3 Å². The predicted octanol–water partition coefficient (Wildman–Crippen LogP) is 1.25. The molecule has 0 aromatic heterocycles. The Morgan fingerprint density at radius 3 is 2.47 bits per heavy atom. The molecule has 0 heterocycles. The second-order valence-corrected chi connectivity index (χ2v) is 4.38. The Morgan fingerprint density at radius 2 is 2.07 bits per heavy atom. The van der Waals surface area contributed by atoms with Crippen molar-refractivity contribution in [3.05, 3.63) is 12.7 Å². The fraction of sp³-hybridized carbons (Fsp3) is 0.727. The van der Waals surface area contributed by atoms with Crippen molar-refractivity contribution in [3.63, 3.8) is 0 Å². The van der Waals surface area contributed by atoms with Crippen molar-refractivity contribution in [3.8, 4) is 0 Å². The first-order valence-corrected chi connectivity index (χ1v) is 4.99. The van der Waals surface area contributed by atoms with E-state index >= 15 is 0 Å². The number of hydrogen-bond acceptors (Lipinski definition) is 4. The van der Waals surface area contributed by atoms with E-state index in [-0.39, 0.29) is 18.3 Å². The van der Waals surface area contributed by atoms with E-state index in [1.165, 1.54) is 6.08 Å². The van der Waals surface area contributed by atoms with Crippen molar-refractivity contribution >= 4 is 5.97 Å². The first-order chi connectivity index (χ1) is 6.78. The Kier molecular flexibility index (Phi) is 5.54. The SMILES string of the molecule is C=CCOC(=O)[C@H](N)[C@H](C)OC(C)(C)C. The van der Waals surface area contributed by atoms with Gasteiger partial charge in [-0.05, 0) is 27.7 Å². The maximum Gasteiger partial charge on any atom is 0.325 e. The van der Waals surface area contributed by atoms with Gasteiger partial charge in [0.15, 0.2) is 0 Å². The maximum absolute atomic E-state index is 11.4. The van der Waals surface area contributed by atoms with Gasteiger partial charge in [0.2, 0.25) is 0 Å². The molecule has 2 atom stereocenters. The average molecular weight is 215 g/mol. The lowest BCUT2D eigenvalue weighted by Crippen LogP contribution is -2.45. The summed E-state index contributed by atoms with van der Waals surface area (Å²) in [5, 5.41) is 0. The van der Waals surface area contributed by atoms with Crippen LogP contribution in [0.1, 0.15) is 27.7 Å². The Hall–Kier alpha value is -0.870. The van der Waals surface area contributed by atoms with Gasteiger partial charge in [0.1, 0.15) is 12.6 Å². The minimum absolute atomic E-state index is 0.175. The summed E-state index contributed by atoms with van der Waals surface area (Å²) in [6, 6.07) is -0.760. The van der Waals surface area contributed by atoms with E-state index in [0.717, 1.165) is 0 Å². The first kappa shape index (κ1) is 14.1. The lowest BCUT2D eigenvalue weighted by atomic mass is 10.1. The molecule has 0 spiro atoms. The van der Waals surface area contributed by atoms with Crippen LogP contribution in [0.3, 0.4) is 0 Å². The highest BCUT2D eigenvalue weighted by molar-refractivity contribution is 5.76. The van der Waals surface area contributed by atoms with E-state index in [4.69, 9.17) is 15.2 Å². The fourth-order valence-corrected chi connectivity index (χ4v) is 1.06. The third-order valence-corrected chi connectivity index (χ3v) is 1.66. The molecule has 0 fully saturated rings. The largest absolute Gasteiger partial charge is 0.460 e. The van der Waals surface area contributed by atoms with Crippen molar-refractivity contribution in [1.82, 2.24) is 0 Å². The molecule has 0 amide bonds. The topological polar surface area (TPSA) is 61.5 Å². The summed E-state index contributed by atoms with van der Waals surface area (Å²) in [6.45, 7) is 11.1. The van der Waals surface area contributed by atoms with E-state index in [2.05, 4.69) is 6.58 Å². The van der Waals surface area contributed by atoms with Crippen LogP contribution in [0.2, 0.25) is 0 Å². The highest BCUT2D eigenvalue weighted by atomic mass is 16.5. The summed E-state index contributed by atoms with van der Waals surface area (Å²) >= 11 is 0. The van der Waals surface area contributed by atoms with Gasteiger partial charge in [0.25, 0.3) is 0 Å². The summed E-state index contributed by atoms with van der Waals surface area (Å²) < 4.78 is 10.4. The van der Waals surface area contributed by atoms with Crippen LogP contribution in [0.15, 0.2) is 12.7 Å². The van der Waals surface area contributed by atoms with Gasteiger partial charge in [-0.2, -0.15) is 0 Å². The molecular formula is C11H21NO3. The minimum Gasteiger partial charge on any atom is -0.460 e. The van der Waals surface area contributed by atoms with Crippen molar-refractivity contribution in [2.24, 2.45) is 5.73 Å². The van der Waals surface area contributed by atoms with Crippen LogP contribution in [-0.2, 0) is 14.3 Å². The van der Waals surface area contributed by atoms with E-state index in [1.54, 1.807) is 6.92 Å². The third-order valence-electron chi connectivity index (χ3n) is 1.66. The lowest BCUT2D eigenvalue weighted by molar-refractivity contribution is -0.150. The van der Waals surface area contributed by atoms with Crippen LogP contribution >= 0.6 is 0 Å². The molecule has 0 aromatic carbocycles. The Balaban J connectivity index is 4.13. The number of nitrogens with two attached hydrogens (primary N) is 1. The molecule has 0 radical (unpaired) electrons. The molecule has 0 saturated carbocycles. The summed E-state index contributed by atoms with van der Waals surface area (Å²) in [5.41, 5.74) is 5.35. The summed E-state index contributed by atoms with van der Waals surface area (Å²) in [4.78, 5) is 11.4. The van der Waals surface area contributed by atoms with Gasteiger partial charge in [-0.3, -0.25) is 4.79 Å². The smallest absolute Gasteiger partial charge is 0.325 e. The number of ether oxygens (including phenoxy) is 2. The van der Waals surface area contributed by atoms with E-state index in [0.29, 0.717) is 0 Å². The molecule has 15 heavy (non-hydrogen) atoms. The van der Waals surface area contributed by atoms with Crippen LogP contribution in [0.25, 0.3) is 0 Å². The molecular weight excluding hydrogens is 194 g/mol. The highest BCUT2D eigenvalue weighted by Gasteiger charge is 2.26. The Labute approximate surface area is 91.4 Å². The van der Waals surface area contributed by atoms with E-state index in [9.17, 15) is 4.79 Å². The lowest BCUT2D eigenvalue weighted by Gasteiger charge is -2.27. The van der Waals surface area contributed by atoms with Crippen molar-refractivity contribution in [2.45, 2.75) is 45.4 Å². The summed E-state index contributed by atoms with van der Waals surface area (Å²) in [6.07, 6.45) is 1.13. The molecule has 0 aromatic rings. The zero-order valence-electron chi connectivity index (χ0n) is 9.95. The number of carbonyl (C=O) groups is 1. The molecule has 0 rings (SSSR count). The molecule has 0 aliphatic rings. The molecule has 88 valence electrons. The number of carbonyl (C=O) groups excluding carboxylic acids is 1. The average Bonchev–Trinajstić information content (AvgIpc) is 2.10. The van der Waals surface area contributed by atoms with Crippen LogP contribution in [0, 0.1) is 0 Å². The normalized spacial score (nSPS) is 15.5. The molecule has 4 heteroatoms. The van der Waals surface area contributed by atoms with Gasteiger partial charge >= 0.3 is 5.97 Å². The molecule has 0 bridgehead atoms. The van der Waals surface area contributed by atoms with Gasteiger partial charge in [0, 0.05) is 0 Å². The molecule has 0 aliphatic carbocycles. The standard InChI is InChI=1S/C11H21NO3/c1-6-7-14-10(13)9(12)8(2)15-11(3,4)5/h6,8-9H,1,7,12H2,2-5H3/t8-,9+/m0/s1. The second kappa shape index (κ2) is 5.88. The molecule has 0 saturated heterocycles. The molecule has 4 nitrogen and oxygen atoms in total. The summed E-state index contributed by atoms with van der Waals surface area (Å²) in [5.74, 6) is -0.466. The molecule has 0 unspecified atom stereocenters. The third kappa shape index (κ3) is 6.25. The van der Waals surface area contributed by atoms with Crippen molar-refractivity contribution in [1.29, 1.82) is 0 Å². The van der Waals surface area contributed by atoms with E-state index < -0.39 is 12.0 Å². The fourth-order valence-electron chi connectivity index (χ4n) is 1.06. The van der Waals surface area contributed by atoms with Gasteiger partial charge in [0.05, 0.1) is 11.7 Å². The highest BCUT2D eigenvalue weighted by Crippen LogP contribution is 2.12. The van der Waals surface area contributed by atoms with Crippen molar-refractivity contribution in [2.75, 3.05) is 6.61 Å². The number of esters is 1. The predicted molar refractivity (Wildman–Crippen MR) is 59.4 cm³/mol. The number of hydrogen-bond donors (Lipinski definition) is 1. The van der Waals surface area contributed by atoms with Gasteiger partial charge in [-0.25, -0.2) is 0 Å². The maximum atomic E-state index is 11.4. The monoisotopic (exact) mass is 215 g/mol. The zero-order chi connectivity index (χ0) is 12.1. The van der Waals surface area contributed by atoms with E-state index in [1.807, 2.05) is 20.8 Å². The van der Waals surface area contributed by atoms with Gasteiger partial charge in [-0.1, -0.05) is 12.7 Å². The van der Waals surface area contributed by atoms with Crippen LogP contribution in [-0.4, -0.2) is 30.3 Å². The van der Waals surface area contributed by atoms with Crippen LogP contribution < -0.4 is 5.73 Å². The Morgan fingerprint density at radius 1 is 1.53 bits per heavy atom. The Bertz CT molecular complexity index is 220. The second-order valence-electron chi connectivity index (χ2n) is 4.38. The van der Waals surface area contributed by atoms with Crippen LogP contribution in [0.4, 0.5) is 0 Å². The van der Waals surface area contributed by atoms with Crippen LogP contribution in [0.5, 0.6) is 0 Å². The molecule has 2 N–H and O–H groups in total. The van der Waals surface area contributed by atoms with Gasteiger partial charge < -0.3 is 15.2 Å². The first-order valence-electron chi connectivity index (χ1n) is 4.99. The zero-order valence-corrected chi connectivity index (χ0v) is 9.95. The minimum atomic E-state index is -0.760. The number of rotatable bonds is 5. The van der Waals surface area contributed by atoms with Gasteiger partial charge in [-0.15, -0.1) is 0 Å².